The molecule has 0 fully saturated rings. The second-order valence-electron chi connectivity index (χ2n) is 4.58. The summed E-state index contributed by atoms with van der Waals surface area (Å²) in [5.74, 6) is -0.0413. The highest BCUT2D eigenvalue weighted by atomic mass is 32.1. The van der Waals surface area contributed by atoms with Crippen LogP contribution in [-0.2, 0) is 6.54 Å². The van der Waals surface area contributed by atoms with Gasteiger partial charge in [0, 0.05) is 22.4 Å². The lowest BCUT2D eigenvalue weighted by atomic mass is 10.2. The number of alkyl halides is 3. The number of rotatable bonds is 5. The van der Waals surface area contributed by atoms with Gasteiger partial charge in [-0.3, -0.25) is 0 Å². The third kappa shape index (κ3) is 4.93. The monoisotopic (exact) mass is 316 g/mol. The number of hydrogen-bond donors (Lipinski definition) is 1. The molecule has 0 saturated carbocycles. The molecule has 7 heteroatoms. The number of ether oxygens (including phenoxy) is 1. The van der Waals surface area contributed by atoms with Crippen molar-refractivity contribution in [2.75, 3.05) is 11.9 Å². The molecule has 0 aliphatic rings. The van der Waals surface area contributed by atoms with Gasteiger partial charge in [-0.2, -0.15) is 13.2 Å². The zero-order valence-corrected chi connectivity index (χ0v) is 12.4. The molecule has 0 aliphatic heterocycles. The van der Waals surface area contributed by atoms with Crippen molar-refractivity contribution in [2.45, 2.75) is 26.6 Å². The minimum atomic E-state index is -4.35. The molecule has 2 aromatic rings. The maximum absolute atomic E-state index is 12.0. The Balaban J connectivity index is 1.89. The van der Waals surface area contributed by atoms with Crippen LogP contribution < -0.4 is 10.1 Å². The van der Waals surface area contributed by atoms with Gasteiger partial charge >= 0.3 is 6.18 Å². The van der Waals surface area contributed by atoms with E-state index in [1.807, 2.05) is 0 Å². The van der Waals surface area contributed by atoms with Crippen LogP contribution in [-0.4, -0.2) is 17.8 Å². The molecule has 21 heavy (non-hydrogen) atoms. The summed E-state index contributed by atoms with van der Waals surface area (Å²) in [7, 11) is 0. The van der Waals surface area contributed by atoms with Crippen molar-refractivity contribution in [3.63, 3.8) is 0 Å². The standard InChI is InChI=1S/C14H15F3N2OS/c1-9-5-11(10(2)21-9)6-18-12-3-4-13(19-7-12)20-8-14(15,16)17/h3-5,7,18H,6,8H2,1-2H3. The SMILES string of the molecule is Cc1cc(CNc2ccc(OCC(F)(F)F)nc2)c(C)s1. The van der Waals surface area contributed by atoms with Gasteiger partial charge in [-0.15, -0.1) is 11.3 Å². The van der Waals surface area contributed by atoms with E-state index in [9.17, 15) is 13.2 Å². The molecule has 0 aliphatic carbocycles. The molecule has 3 nitrogen and oxygen atoms in total. The Hall–Kier alpha value is -1.76. The summed E-state index contributed by atoms with van der Waals surface area (Å²) in [5, 5.41) is 3.18. The van der Waals surface area contributed by atoms with E-state index in [4.69, 9.17) is 0 Å². The third-order valence-electron chi connectivity index (χ3n) is 2.75. The van der Waals surface area contributed by atoms with Gasteiger partial charge in [0.05, 0.1) is 11.9 Å². The molecule has 0 saturated heterocycles. The second kappa shape index (κ2) is 6.34. The van der Waals surface area contributed by atoms with E-state index in [0.29, 0.717) is 6.54 Å². The minimum Gasteiger partial charge on any atom is -0.468 e. The van der Waals surface area contributed by atoms with Crippen LogP contribution in [0.5, 0.6) is 5.88 Å². The maximum Gasteiger partial charge on any atom is 0.422 e. The van der Waals surface area contributed by atoms with Gasteiger partial charge in [0.15, 0.2) is 6.61 Å². The van der Waals surface area contributed by atoms with Gasteiger partial charge in [-0.1, -0.05) is 0 Å². The zero-order chi connectivity index (χ0) is 15.5. The Labute approximate surface area is 124 Å². The van der Waals surface area contributed by atoms with Crippen LogP contribution in [0.15, 0.2) is 24.4 Å². The smallest absolute Gasteiger partial charge is 0.422 e. The minimum absolute atomic E-state index is 0.0413. The molecule has 2 heterocycles. The molecule has 0 aromatic carbocycles. The van der Waals surface area contributed by atoms with Crippen LogP contribution >= 0.6 is 11.3 Å². The normalized spacial score (nSPS) is 11.5. The Kier molecular flexibility index (Phi) is 4.72. The largest absolute Gasteiger partial charge is 0.468 e. The number of aryl methyl sites for hydroxylation is 2. The van der Waals surface area contributed by atoms with E-state index >= 15 is 0 Å². The molecule has 2 aromatic heterocycles. The summed E-state index contributed by atoms with van der Waals surface area (Å²) in [4.78, 5) is 6.34. The lowest BCUT2D eigenvalue weighted by Crippen LogP contribution is -2.19. The van der Waals surface area contributed by atoms with Crippen LogP contribution in [0.1, 0.15) is 15.3 Å². The van der Waals surface area contributed by atoms with E-state index in [2.05, 4.69) is 35.0 Å². The lowest BCUT2D eigenvalue weighted by molar-refractivity contribution is -0.154. The maximum atomic E-state index is 12.0. The molecular weight excluding hydrogens is 301 g/mol. The van der Waals surface area contributed by atoms with Crippen molar-refractivity contribution in [1.82, 2.24) is 4.98 Å². The molecule has 0 bridgehead atoms. The van der Waals surface area contributed by atoms with Crippen LogP contribution in [0.2, 0.25) is 0 Å². The zero-order valence-electron chi connectivity index (χ0n) is 11.6. The van der Waals surface area contributed by atoms with E-state index in [1.54, 1.807) is 17.4 Å². The number of nitrogens with zero attached hydrogens (tertiary/aromatic N) is 1. The van der Waals surface area contributed by atoms with E-state index < -0.39 is 12.8 Å². The van der Waals surface area contributed by atoms with Crippen LogP contribution in [0.3, 0.4) is 0 Å². The molecule has 0 unspecified atom stereocenters. The molecule has 0 amide bonds. The topological polar surface area (TPSA) is 34.1 Å². The van der Waals surface area contributed by atoms with Gasteiger partial charge in [-0.25, -0.2) is 4.98 Å². The first-order valence-electron chi connectivity index (χ1n) is 6.29. The molecule has 114 valence electrons. The van der Waals surface area contributed by atoms with Crippen LogP contribution in [0.4, 0.5) is 18.9 Å². The lowest BCUT2D eigenvalue weighted by Gasteiger charge is -2.09. The van der Waals surface area contributed by atoms with Crippen molar-refractivity contribution in [3.8, 4) is 5.88 Å². The summed E-state index contributed by atoms with van der Waals surface area (Å²) in [6.07, 6.45) is -2.90. The Morgan fingerprint density at radius 2 is 2.05 bits per heavy atom. The average molecular weight is 316 g/mol. The summed E-state index contributed by atoms with van der Waals surface area (Å²) in [5.41, 5.74) is 1.94. The highest BCUT2D eigenvalue weighted by molar-refractivity contribution is 7.12. The number of aromatic nitrogens is 1. The first-order valence-corrected chi connectivity index (χ1v) is 7.10. The highest BCUT2D eigenvalue weighted by Gasteiger charge is 2.28. The Morgan fingerprint density at radius 3 is 2.57 bits per heavy atom. The molecular formula is C14H15F3N2OS. The second-order valence-corrected chi connectivity index (χ2v) is 6.04. The number of hydrogen-bond acceptors (Lipinski definition) is 4. The predicted octanol–water partition coefficient (Wildman–Crippen LogP) is 4.31. The average Bonchev–Trinajstić information content (AvgIpc) is 2.73. The first-order chi connectivity index (χ1) is 9.83. The van der Waals surface area contributed by atoms with Crippen molar-refractivity contribution >= 4 is 17.0 Å². The number of anilines is 1. The molecule has 2 rings (SSSR count). The fraction of sp³-hybridized carbons (Fsp3) is 0.357. The fourth-order valence-electron chi connectivity index (χ4n) is 1.78. The third-order valence-corrected chi connectivity index (χ3v) is 3.76. The summed E-state index contributed by atoms with van der Waals surface area (Å²) < 4.78 is 40.6. The first kappa shape index (κ1) is 15.6. The van der Waals surface area contributed by atoms with Crippen LogP contribution in [0, 0.1) is 13.8 Å². The quantitative estimate of drug-likeness (QED) is 0.892. The Morgan fingerprint density at radius 1 is 1.29 bits per heavy atom. The van der Waals surface area contributed by atoms with Gasteiger partial charge < -0.3 is 10.1 Å². The van der Waals surface area contributed by atoms with Crippen molar-refractivity contribution in [1.29, 1.82) is 0 Å². The number of pyridine rings is 1. The Bertz CT molecular complexity index is 593. The van der Waals surface area contributed by atoms with E-state index in [1.165, 1.54) is 27.6 Å². The van der Waals surface area contributed by atoms with E-state index in [0.717, 1.165) is 5.69 Å². The highest BCUT2D eigenvalue weighted by Crippen LogP contribution is 2.22. The molecule has 0 spiro atoms. The fourth-order valence-corrected chi connectivity index (χ4v) is 2.73. The molecule has 0 atom stereocenters. The van der Waals surface area contributed by atoms with Crippen molar-refractivity contribution in [2.24, 2.45) is 0 Å². The van der Waals surface area contributed by atoms with Crippen LogP contribution in [0.25, 0.3) is 0 Å². The summed E-state index contributed by atoms with van der Waals surface area (Å²) >= 11 is 1.73. The molecule has 0 radical (unpaired) electrons. The summed E-state index contributed by atoms with van der Waals surface area (Å²) in [6, 6.07) is 5.17. The summed E-state index contributed by atoms with van der Waals surface area (Å²) in [6.45, 7) is 3.43. The number of thiophene rings is 1. The number of nitrogens with one attached hydrogen (secondary N) is 1. The van der Waals surface area contributed by atoms with Gasteiger partial charge in [0.25, 0.3) is 0 Å². The number of halogens is 3. The van der Waals surface area contributed by atoms with E-state index in [-0.39, 0.29) is 5.88 Å². The van der Waals surface area contributed by atoms with Gasteiger partial charge in [0.1, 0.15) is 0 Å². The van der Waals surface area contributed by atoms with Crippen molar-refractivity contribution < 1.29 is 17.9 Å². The molecule has 1 N–H and O–H groups in total. The van der Waals surface area contributed by atoms with Gasteiger partial charge in [-0.05, 0) is 31.5 Å². The predicted molar refractivity (Wildman–Crippen MR) is 76.9 cm³/mol. The van der Waals surface area contributed by atoms with Crippen molar-refractivity contribution in [3.05, 3.63) is 39.7 Å². The van der Waals surface area contributed by atoms with Gasteiger partial charge in [0.2, 0.25) is 5.88 Å².